The van der Waals surface area contributed by atoms with Crippen LogP contribution in [-0.2, 0) is 11.1 Å². The summed E-state index contributed by atoms with van der Waals surface area (Å²) in [7, 11) is 2.45. The summed E-state index contributed by atoms with van der Waals surface area (Å²) in [5.41, 5.74) is 6.62. The van der Waals surface area contributed by atoms with Crippen LogP contribution in [0.3, 0.4) is 0 Å². The van der Waals surface area contributed by atoms with Crippen LogP contribution in [-0.4, -0.2) is 23.1 Å². The number of hydrogen-bond acceptors (Lipinski definition) is 2. The number of fused-ring (bicyclic) bond motifs is 5. The van der Waals surface area contributed by atoms with Crippen LogP contribution in [0.5, 0.6) is 0 Å². The van der Waals surface area contributed by atoms with Crippen LogP contribution in [0.25, 0.3) is 0 Å². The van der Waals surface area contributed by atoms with E-state index >= 15 is 0 Å². The predicted octanol–water partition coefficient (Wildman–Crippen LogP) is 6.15. The molecule has 0 radical (unpaired) electrons. The van der Waals surface area contributed by atoms with Crippen LogP contribution in [0, 0.1) is 5.92 Å². The van der Waals surface area contributed by atoms with Gasteiger partial charge < -0.3 is 10.2 Å². The molecule has 3 aliphatic heterocycles. The summed E-state index contributed by atoms with van der Waals surface area (Å²) in [6.45, 7) is 5.80. The first-order valence-corrected chi connectivity index (χ1v) is 12.7. The van der Waals surface area contributed by atoms with E-state index in [4.69, 9.17) is 0 Å². The molecule has 0 bridgehead atoms. The maximum Gasteiger partial charge on any atom is 0.192 e. The molecule has 35 heavy (non-hydrogen) atoms. The van der Waals surface area contributed by atoms with Gasteiger partial charge in [-0.25, -0.2) is 0 Å². The van der Waals surface area contributed by atoms with Crippen molar-refractivity contribution in [2.45, 2.75) is 31.1 Å². The largest absolute Gasteiger partial charge is 0.318 e. The third-order valence-electron chi connectivity index (χ3n) is 9.51. The van der Waals surface area contributed by atoms with Gasteiger partial charge in [-0.15, -0.1) is 0 Å². The molecule has 1 fully saturated rings. The number of benzene rings is 3. The lowest BCUT2D eigenvalue weighted by atomic mass is 9.76. The highest BCUT2D eigenvalue weighted by Gasteiger charge is 2.65. The van der Waals surface area contributed by atoms with Gasteiger partial charge in [-0.05, 0) is 19.4 Å². The van der Waals surface area contributed by atoms with Crippen LogP contribution in [0.2, 0.25) is 0 Å². The fraction of sp³-hybridized carbons (Fsp3) is 0.250. The van der Waals surface area contributed by atoms with Crippen molar-refractivity contribution in [2.75, 3.05) is 13.7 Å². The lowest BCUT2D eigenvalue weighted by Crippen LogP contribution is -2.68. The van der Waals surface area contributed by atoms with E-state index < -0.39 is 0 Å². The number of hydrogen-bond donors (Lipinski definition) is 1. The normalized spacial score (nSPS) is 34.2. The van der Waals surface area contributed by atoms with Gasteiger partial charge in [-0.1, -0.05) is 109 Å². The Morgan fingerprint density at radius 1 is 0.829 bits per heavy atom. The molecule has 0 spiro atoms. The molecular weight excluding hydrogens is 426 g/mol. The molecule has 3 heterocycles. The third-order valence-corrected chi connectivity index (χ3v) is 9.51. The summed E-state index contributed by atoms with van der Waals surface area (Å²) in [4.78, 5) is 2.67. The Balaban J connectivity index is 1.46. The third kappa shape index (κ3) is 2.44. The minimum Gasteiger partial charge on any atom is -0.318 e. The van der Waals surface area contributed by atoms with Crippen LogP contribution in [0.4, 0.5) is 0 Å². The first kappa shape index (κ1) is 20.8. The molecule has 1 N–H and O–H groups in total. The Hall–Kier alpha value is -3.56. The number of nitrogens with one attached hydrogen (secondary N) is 1. The van der Waals surface area contributed by atoms with Gasteiger partial charge >= 0.3 is 0 Å². The van der Waals surface area contributed by atoms with E-state index in [0.717, 1.165) is 11.2 Å². The molecule has 5 unspecified atom stereocenters. The number of nitrogens with zero attached hydrogens (tertiary/aromatic N) is 2. The highest BCUT2D eigenvalue weighted by molar-refractivity contribution is 5.50. The molecule has 0 saturated carbocycles. The summed E-state index contributed by atoms with van der Waals surface area (Å²) < 4.78 is 0.857. The fourth-order valence-electron chi connectivity index (χ4n) is 7.40. The van der Waals surface area contributed by atoms with Crippen molar-refractivity contribution in [3.05, 3.63) is 143 Å². The van der Waals surface area contributed by atoms with Crippen molar-refractivity contribution in [3.8, 4) is 0 Å². The van der Waals surface area contributed by atoms with E-state index in [1.807, 2.05) is 0 Å². The standard InChI is InChI=1S/C32H32N3/c1-31(23-14-6-4-7-15-23)27-20-12-10-18-25(27)29-33-30-26-19-11-13-21-28(26)32(2,24-16-8-5-9-17-24)35(30,3)22-34(29)31/h4-21,27,30,33H,22H2,1-3H3/q+1. The second kappa shape index (κ2) is 6.99. The Morgan fingerprint density at radius 2 is 1.49 bits per heavy atom. The molecule has 174 valence electrons. The average Bonchev–Trinajstić information content (AvgIpc) is 3.28. The van der Waals surface area contributed by atoms with Gasteiger partial charge in [0, 0.05) is 28.2 Å². The topological polar surface area (TPSA) is 15.3 Å². The minimum absolute atomic E-state index is 0.168. The summed E-state index contributed by atoms with van der Waals surface area (Å²) in [6.07, 6.45) is 9.31. The van der Waals surface area contributed by atoms with Crippen molar-refractivity contribution in [2.24, 2.45) is 5.92 Å². The molecule has 4 aliphatic rings. The molecular formula is C32H32N3+. The second-order valence-electron chi connectivity index (χ2n) is 10.9. The number of rotatable bonds is 2. The van der Waals surface area contributed by atoms with Crippen molar-refractivity contribution < 1.29 is 4.48 Å². The zero-order valence-corrected chi connectivity index (χ0v) is 20.6. The first-order valence-electron chi connectivity index (χ1n) is 12.7. The highest BCUT2D eigenvalue weighted by Crippen LogP contribution is 2.60. The second-order valence-corrected chi connectivity index (χ2v) is 10.9. The quantitative estimate of drug-likeness (QED) is 0.463. The van der Waals surface area contributed by atoms with Gasteiger partial charge in [0.25, 0.3) is 0 Å². The molecule has 3 aromatic carbocycles. The van der Waals surface area contributed by atoms with Crippen molar-refractivity contribution in [1.29, 1.82) is 0 Å². The van der Waals surface area contributed by atoms with E-state index in [9.17, 15) is 0 Å². The van der Waals surface area contributed by atoms with Crippen molar-refractivity contribution >= 4 is 0 Å². The molecule has 1 aliphatic carbocycles. The van der Waals surface area contributed by atoms with Gasteiger partial charge in [0.2, 0.25) is 0 Å². The van der Waals surface area contributed by atoms with E-state index in [2.05, 4.69) is 140 Å². The summed E-state index contributed by atoms with van der Waals surface area (Å²) in [5, 5.41) is 4.12. The van der Waals surface area contributed by atoms with Crippen LogP contribution < -0.4 is 5.32 Å². The van der Waals surface area contributed by atoms with Gasteiger partial charge in [0.15, 0.2) is 18.4 Å². The van der Waals surface area contributed by atoms with Gasteiger partial charge in [0.1, 0.15) is 5.82 Å². The lowest BCUT2D eigenvalue weighted by molar-refractivity contribution is -0.995. The van der Waals surface area contributed by atoms with Crippen LogP contribution in [0.1, 0.15) is 42.3 Å². The lowest BCUT2D eigenvalue weighted by Gasteiger charge is -2.56. The van der Waals surface area contributed by atoms with Crippen molar-refractivity contribution in [3.63, 3.8) is 0 Å². The Labute approximate surface area is 208 Å². The number of allylic oxidation sites excluding steroid dienone is 3. The number of quaternary nitrogens is 1. The Kier molecular flexibility index (Phi) is 4.15. The van der Waals surface area contributed by atoms with Gasteiger partial charge in [-0.2, -0.15) is 0 Å². The SMILES string of the molecule is CC1(c2ccccc2)C2C=CC=CC2=C2NC3c4ccccc4C(C)(c4ccccc4)[N+]3(C)CN21. The molecule has 0 aromatic heterocycles. The van der Waals surface area contributed by atoms with E-state index in [0.29, 0.717) is 5.92 Å². The molecule has 3 aromatic rings. The van der Waals surface area contributed by atoms with E-state index in [-0.39, 0.29) is 17.2 Å². The molecule has 5 atom stereocenters. The molecule has 1 saturated heterocycles. The zero-order valence-electron chi connectivity index (χ0n) is 20.6. The van der Waals surface area contributed by atoms with Crippen LogP contribution in [0.15, 0.2) is 121 Å². The smallest absolute Gasteiger partial charge is 0.192 e. The van der Waals surface area contributed by atoms with E-state index in [1.54, 1.807) is 0 Å². The molecule has 7 rings (SSSR count). The van der Waals surface area contributed by atoms with Crippen LogP contribution >= 0.6 is 0 Å². The van der Waals surface area contributed by atoms with Gasteiger partial charge in [0.05, 0.1) is 12.6 Å². The monoisotopic (exact) mass is 458 g/mol. The summed E-state index contributed by atoms with van der Waals surface area (Å²) in [6, 6.07) is 31.2. The summed E-state index contributed by atoms with van der Waals surface area (Å²) >= 11 is 0. The highest BCUT2D eigenvalue weighted by atomic mass is 15.6. The molecule has 3 nitrogen and oxygen atoms in total. The minimum atomic E-state index is -0.178. The Morgan fingerprint density at radius 3 is 2.23 bits per heavy atom. The zero-order chi connectivity index (χ0) is 23.8. The van der Waals surface area contributed by atoms with E-state index in [1.165, 1.54) is 33.6 Å². The van der Waals surface area contributed by atoms with Crippen molar-refractivity contribution in [1.82, 2.24) is 10.2 Å². The average molecular weight is 459 g/mol. The maximum atomic E-state index is 4.12. The summed E-state index contributed by atoms with van der Waals surface area (Å²) in [5.74, 6) is 1.59. The predicted molar refractivity (Wildman–Crippen MR) is 141 cm³/mol. The molecule has 0 amide bonds. The molecule has 3 heteroatoms. The maximum absolute atomic E-state index is 4.12. The first-order chi connectivity index (χ1) is 17.0. The Bertz CT molecular complexity index is 1400. The van der Waals surface area contributed by atoms with Gasteiger partial charge in [-0.3, -0.25) is 4.48 Å². The fourth-order valence-corrected chi connectivity index (χ4v) is 7.40.